The fourth-order valence-electron chi connectivity index (χ4n) is 1.39. The molecule has 1 heterocycles. The van der Waals surface area contributed by atoms with Gasteiger partial charge in [-0.3, -0.25) is 0 Å². The van der Waals surface area contributed by atoms with Gasteiger partial charge in [-0.15, -0.1) is 0 Å². The van der Waals surface area contributed by atoms with Gasteiger partial charge in [0.05, 0.1) is 0 Å². The van der Waals surface area contributed by atoms with E-state index in [4.69, 9.17) is 4.42 Å². The molecule has 1 N–H and O–H groups in total. The van der Waals surface area contributed by atoms with Crippen LogP contribution in [0.25, 0.3) is 11.0 Å². The number of phenols is 1. The van der Waals surface area contributed by atoms with Crippen molar-refractivity contribution in [3.8, 4) is 5.75 Å². The van der Waals surface area contributed by atoms with Crippen LogP contribution in [-0.2, 0) is 5.41 Å². The largest absolute Gasteiger partial charge is 0.508 e. The second-order valence-electron chi connectivity index (χ2n) is 4.58. The Morgan fingerprint density at radius 3 is 2.50 bits per heavy atom. The molecule has 0 aliphatic heterocycles. The topological polar surface area (TPSA) is 33.4 Å². The average molecular weight is 190 g/mol. The highest BCUT2D eigenvalue weighted by Crippen LogP contribution is 2.30. The average Bonchev–Trinajstić information content (AvgIpc) is 2.45. The number of rotatable bonds is 0. The molecule has 2 rings (SSSR count). The maximum atomic E-state index is 9.28. The highest BCUT2D eigenvalue weighted by molar-refractivity contribution is 5.79. The Morgan fingerprint density at radius 2 is 1.86 bits per heavy atom. The molecule has 0 amide bonds. The van der Waals surface area contributed by atoms with Crippen LogP contribution in [0.3, 0.4) is 0 Å². The first-order valence-corrected chi connectivity index (χ1v) is 4.70. The summed E-state index contributed by atoms with van der Waals surface area (Å²) in [6, 6.07) is 7.20. The van der Waals surface area contributed by atoms with Crippen molar-refractivity contribution in [2.75, 3.05) is 0 Å². The SMILES string of the molecule is CC(C)(C)c1cc2ccc(O)cc2o1. The highest BCUT2D eigenvalue weighted by Gasteiger charge is 2.18. The maximum Gasteiger partial charge on any atom is 0.137 e. The van der Waals surface area contributed by atoms with Gasteiger partial charge >= 0.3 is 0 Å². The third kappa shape index (κ3) is 1.48. The van der Waals surface area contributed by atoms with Crippen LogP contribution in [0, 0.1) is 0 Å². The molecule has 14 heavy (non-hydrogen) atoms. The zero-order valence-electron chi connectivity index (χ0n) is 8.66. The molecule has 0 spiro atoms. The second-order valence-corrected chi connectivity index (χ2v) is 4.58. The van der Waals surface area contributed by atoms with Crippen LogP contribution in [0.4, 0.5) is 0 Å². The van der Waals surface area contributed by atoms with Gasteiger partial charge in [-0.2, -0.15) is 0 Å². The predicted octanol–water partition coefficient (Wildman–Crippen LogP) is 3.44. The fourth-order valence-corrected chi connectivity index (χ4v) is 1.39. The molecule has 0 bridgehead atoms. The van der Waals surface area contributed by atoms with Crippen LogP contribution in [0.15, 0.2) is 28.7 Å². The molecule has 0 fully saturated rings. The summed E-state index contributed by atoms with van der Waals surface area (Å²) in [5.41, 5.74) is 0.754. The van der Waals surface area contributed by atoms with Gasteiger partial charge in [0, 0.05) is 16.9 Å². The Labute approximate surface area is 83.2 Å². The van der Waals surface area contributed by atoms with E-state index in [0.29, 0.717) is 0 Å². The summed E-state index contributed by atoms with van der Waals surface area (Å²) in [6.07, 6.45) is 0. The summed E-state index contributed by atoms with van der Waals surface area (Å²) in [7, 11) is 0. The van der Waals surface area contributed by atoms with E-state index in [9.17, 15) is 5.11 Å². The smallest absolute Gasteiger partial charge is 0.137 e. The molecule has 0 aliphatic rings. The summed E-state index contributed by atoms with van der Waals surface area (Å²) in [5, 5.41) is 10.3. The summed E-state index contributed by atoms with van der Waals surface area (Å²) in [5.74, 6) is 1.19. The van der Waals surface area contributed by atoms with E-state index in [1.54, 1.807) is 12.1 Å². The lowest BCUT2D eigenvalue weighted by atomic mass is 9.93. The summed E-state index contributed by atoms with van der Waals surface area (Å²) < 4.78 is 5.65. The van der Waals surface area contributed by atoms with Gasteiger partial charge in [-0.25, -0.2) is 0 Å². The van der Waals surface area contributed by atoms with Crippen LogP contribution in [0.1, 0.15) is 26.5 Å². The molecule has 1 aromatic heterocycles. The Balaban J connectivity index is 2.63. The van der Waals surface area contributed by atoms with Crippen molar-refractivity contribution in [1.29, 1.82) is 0 Å². The van der Waals surface area contributed by atoms with Crippen molar-refractivity contribution in [1.82, 2.24) is 0 Å². The molecule has 0 atom stereocenters. The molecular weight excluding hydrogens is 176 g/mol. The number of aromatic hydroxyl groups is 1. The lowest BCUT2D eigenvalue weighted by Gasteiger charge is -2.13. The normalized spacial score (nSPS) is 12.2. The molecule has 2 nitrogen and oxygen atoms in total. The number of phenolic OH excluding ortho intramolecular Hbond substituents is 1. The van der Waals surface area contributed by atoms with Crippen LogP contribution in [-0.4, -0.2) is 5.11 Å². The van der Waals surface area contributed by atoms with E-state index < -0.39 is 0 Å². The van der Waals surface area contributed by atoms with Crippen molar-refractivity contribution in [2.45, 2.75) is 26.2 Å². The molecular formula is C12H14O2. The van der Waals surface area contributed by atoms with E-state index in [2.05, 4.69) is 20.8 Å². The second kappa shape index (κ2) is 2.77. The molecule has 1 aromatic carbocycles. The van der Waals surface area contributed by atoms with Gasteiger partial charge in [0.25, 0.3) is 0 Å². The van der Waals surface area contributed by atoms with E-state index >= 15 is 0 Å². The number of fused-ring (bicyclic) bond motifs is 1. The fraction of sp³-hybridized carbons (Fsp3) is 0.333. The standard InChI is InChI=1S/C12H14O2/c1-12(2,3)11-6-8-4-5-9(13)7-10(8)14-11/h4-7,13H,1-3H3. The summed E-state index contributed by atoms with van der Waals surface area (Å²) >= 11 is 0. The molecule has 0 radical (unpaired) electrons. The van der Waals surface area contributed by atoms with Gasteiger partial charge in [0.15, 0.2) is 0 Å². The molecule has 0 aliphatic carbocycles. The van der Waals surface area contributed by atoms with Gasteiger partial charge in [-0.1, -0.05) is 20.8 Å². The molecule has 0 saturated carbocycles. The Morgan fingerprint density at radius 1 is 1.14 bits per heavy atom. The van der Waals surface area contributed by atoms with Crippen molar-refractivity contribution in [2.24, 2.45) is 0 Å². The van der Waals surface area contributed by atoms with E-state index in [-0.39, 0.29) is 11.2 Å². The highest BCUT2D eigenvalue weighted by atomic mass is 16.3. The van der Waals surface area contributed by atoms with Crippen molar-refractivity contribution in [3.05, 3.63) is 30.0 Å². The van der Waals surface area contributed by atoms with Crippen LogP contribution < -0.4 is 0 Å². The van der Waals surface area contributed by atoms with Crippen LogP contribution in [0.5, 0.6) is 5.75 Å². The summed E-state index contributed by atoms with van der Waals surface area (Å²) in [4.78, 5) is 0. The minimum absolute atomic E-state index is 0.00857. The molecule has 2 heteroatoms. The number of furan rings is 1. The first kappa shape index (κ1) is 9.13. The lowest BCUT2D eigenvalue weighted by molar-refractivity contribution is 0.428. The Hall–Kier alpha value is -1.44. The Bertz CT molecular complexity index is 461. The Kier molecular flexibility index (Phi) is 1.81. The third-order valence-corrected chi connectivity index (χ3v) is 2.24. The first-order chi connectivity index (χ1) is 6.47. The lowest BCUT2D eigenvalue weighted by Crippen LogP contribution is -2.08. The molecule has 0 unspecified atom stereocenters. The maximum absolute atomic E-state index is 9.28. The zero-order valence-corrected chi connectivity index (χ0v) is 8.66. The molecule has 74 valence electrons. The van der Waals surface area contributed by atoms with E-state index in [1.165, 1.54) is 0 Å². The minimum Gasteiger partial charge on any atom is -0.508 e. The van der Waals surface area contributed by atoms with Gasteiger partial charge in [0.1, 0.15) is 17.1 Å². The molecule has 0 saturated heterocycles. The van der Waals surface area contributed by atoms with E-state index in [1.807, 2.05) is 12.1 Å². The minimum atomic E-state index is 0.00857. The predicted molar refractivity (Wildman–Crippen MR) is 56.6 cm³/mol. The van der Waals surface area contributed by atoms with Gasteiger partial charge in [-0.05, 0) is 18.2 Å². The van der Waals surface area contributed by atoms with Crippen molar-refractivity contribution < 1.29 is 9.52 Å². The number of hydrogen-bond donors (Lipinski definition) is 1. The van der Waals surface area contributed by atoms with Crippen molar-refractivity contribution in [3.63, 3.8) is 0 Å². The zero-order chi connectivity index (χ0) is 10.3. The first-order valence-electron chi connectivity index (χ1n) is 4.70. The quantitative estimate of drug-likeness (QED) is 0.690. The van der Waals surface area contributed by atoms with Gasteiger partial charge in [0.2, 0.25) is 0 Å². The monoisotopic (exact) mass is 190 g/mol. The van der Waals surface area contributed by atoms with Crippen LogP contribution in [0.2, 0.25) is 0 Å². The van der Waals surface area contributed by atoms with Crippen molar-refractivity contribution >= 4 is 11.0 Å². The summed E-state index contributed by atoms with van der Waals surface area (Å²) in [6.45, 7) is 6.31. The molecule has 2 aromatic rings. The third-order valence-electron chi connectivity index (χ3n) is 2.24. The van der Waals surface area contributed by atoms with E-state index in [0.717, 1.165) is 16.7 Å². The van der Waals surface area contributed by atoms with Gasteiger partial charge < -0.3 is 9.52 Å². The van der Waals surface area contributed by atoms with Crippen LogP contribution >= 0.6 is 0 Å². The number of benzene rings is 1. The number of hydrogen-bond acceptors (Lipinski definition) is 2.